The summed E-state index contributed by atoms with van der Waals surface area (Å²) < 4.78 is 0. The minimum Gasteiger partial charge on any atom is -0.480 e. The molecule has 0 radical (unpaired) electrons. The molecule has 2 atom stereocenters. The summed E-state index contributed by atoms with van der Waals surface area (Å²) in [5.41, 5.74) is 5.93. The molecule has 4 amide bonds. The number of rotatable bonds is 22. The molecule has 0 spiro atoms. The zero-order chi connectivity index (χ0) is 64.0. The Hall–Kier alpha value is -4.24. The number of aromatic nitrogens is 6. The van der Waals surface area contributed by atoms with E-state index >= 15 is 0 Å². The minimum absolute atomic E-state index is 0.174. The Morgan fingerprint density at radius 2 is 0.631 bits per heavy atom. The van der Waals surface area contributed by atoms with Gasteiger partial charge in [0.2, 0.25) is 0 Å². The van der Waals surface area contributed by atoms with Gasteiger partial charge in [-0.3, -0.25) is 0 Å². The average molecular weight is 1320 g/mol. The third-order valence-electron chi connectivity index (χ3n) is 11.3. The first-order chi connectivity index (χ1) is 39.4. The highest BCUT2D eigenvalue weighted by Crippen LogP contribution is 2.24. The molecule has 84 heavy (non-hydrogen) atoms. The SMILES string of the molecule is CC(C)c1nc(CCl)cs1.CC(C)c1nc(CCl)cs1.CC(C)c1nc(CN(C)C(=O)N[C@H](C(=O)O)C(C)C)cs1.CC(C)c1nc(CN(C)C(=O)N[C@H](C(=O)O)C(C)C)cs1.CNCc1csc(C(C)C)n1.CNCc1csc(C(C)C)n1. The van der Waals surface area contributed by atoms with Crippen LogP contribution in [0.5, 0.6) is 0 Å². The molecule has 18 nitrogen and oxygen atoms in total. The largest absolute Gasteiger partial charge is 0.480 e. The monoisotopic (exact) mass is 1320 g/mol. The number of nitrogens with zero attached hydrogens (tertiary/aromatic N) is 8. The molecule has 6 aromatic rings. The third kappa shape index (κ3) is 29.9. The number of halogens is 2. The van der Waals surface area contributed by atoms with Gasteiger partial charge >= 0.3 is 24.0 Å². The van der Waals surface area contributed by atoms with Crippen molar-refractivity contribution in [3.8, 4) is 0 Å². The van der Waals surface area contributed by atoms with Crippen molar-refractivity contribution in [2.24, 2.45) is 11.8 Å². The minimum atomic E-state index is -1.03. The highest BCUT2D eigenvalue weighted by atomic mass is 35.5. The van der Waals surface area contributed by atoms with Gasteiger partial charge in [-0.2, -0.15) is 0 Å². The number of urea groups is 2. The second kappa shape index (κ2) is 41.0. The van der Waals surface area contributed by atoms with Crippen LogP contribution in [0.2, 0.25) is 0 Å². The lowest BCUT2D eigenvalue weighted by Crippen LogP contribution is -2.48. The molecule has 6 heterocycles. The molecule has 0 aliphatic rings. The Kier molecular flexibility index (Phi) is 38.0. The van der Waals surface area contributed by atoms with Gasteiger partial charge in [0.05, 0.1) is 89.1 Å². The van der Waals surface area contributed by atoms with E-state index in [0.717, 1.165) is 57.3 Å². The second-order valence-corrected chi connectivity index (χ2v) is 27.9. The fourth-order valence-electron chi connectivity index (χ4n) is 6.46. The van der Waals surface area contributed by atoms with Crippen LogP contribution in [0.3, 0.4) is 0 Å². The number of carbonyl (C=O) groups is 4. The van der Waals surface area contributed by atoms with Gasteiger partial charge < -0.3 is 41.3 Å². The topological polar surface area (TPSA) is 241 Å². The molecule has 0 aliphatic heterocycles. The summed E-state index contributed by atoms with van der Waals surface area (Å²) in [6, 6.07) is -2.59. The Balaban J connectivity index is 0.000000520. The zero-order valence-electron chi connectivity index (χ0n) is 52.8. The molecule has 0 fully saturated rings. The quantitative estimate of drug-likeness (QED) is 0.0347. The van der Waals surface area contributed by atoms with Crippen LogP contribution in [-0.4, -0.2) is 114 Å². The molecule has 0 unspecified atom stereocenters. The number of amides is 4. The molecule has 472 valence electrons. The highest BCUT2D eigenvalue weighted by Gasteiger charge is 2.26. The van der Waals surface area contributed by atoms with Gasteiger partial charge in [0.15, 0.2) is 0 Å². The van der Waals surface area contributed by atoms with Crippen molar-refractivity contribution in [1.29, 1.82) is 0 Å². The van der Waals surface area contributed by atoms with Gasteiger partial charge in [0.25, 0.3) is 0 Å². The Morgan fingerprint density at radius 1 is 0.417 bits per heavy atom. The number of carboxylic acids is 2. The lowest BCUT2D eigenvalue weighted by atomic mass is 10.1. The highest BCUT2D eigenvalue weighted by molar-refractivity contribution is 7.11. The van der Waals surface area contributed by atoms with Crippen LogP contribution in [0, 0.1) is 11.8 Å². The standard InChI is InChI=1S/2C14H23N3O3S.2C8H14N2S.2C7H10ClNS/c2*1-8(2)11(13(18)19)16-14(20)17(5)6-10-7-21-12(15-10)9(3)4;2*1-6(2)8-10-7(4-9-3)5-11-8;2*1-5(2)7-9-6(3-8)4-10-7/h2*7-9,11H,6H2,1-5H3,(H,16,20)(H,18,19);2*5-6,9H,4H2,1-3H3;2*4-5H,3H2,1-2H3/t2*11-;;;;/m00..../s1. The number of alkyl halides is 2. The first-order valence-electron chi connectivity index (χ1n) is 27.9. The third-order valence-corrected chi connectivity index (χ3v) is 19.0. The van der Waals surface area contributed by atoms with Crippen molar-refractivity contribution in [3.05, 3.63) is 96.5 Å². The van der Waals surface area contributed by atoms with E-state index in [-0.39, 0.29) is 11.8 Å². The number of carbonyl (C=O) groups excluding carboxylic acids is 2. The number of nitrogens with one attached hydrogen (secondary N) is 4. The van der Waals surface area contributed by atoms with Crippen molar-refractivity contribution in [3.63, 3.8) is 0 Å². The number of carboxylic acid groups (broad SMARTS) is 2. The van der Waals surface area contributed by atoms with E-state index in [9.17, 15) is 19.2 Å². The number of aliphatic carboxylic acids is 2. The van der Waals surface area contributed by atoms with Gasteiger partial charge in [0, 0.05) is 95.0 Å². The van der Waals surface area contributed by atoms with Crippen molar-refractivity contribution < 1.29 is 29.4 Å². The molecule has 0 aliphatic carbocycles. The Bertz CT molecular complexity index is 2600. The summed E-state index contributed by atoms with van der Waals surface area (Å²) in [5.74, 6) is 1.57. The van der Waals surface area contributed by atoms with E-state index in [2.05, 4.69) is 145 Å². The van der Waals surface area contributed by atoms with E-state index in [1.54, 1.807) is 110 Å². The predicted molar refractivity (Wildman–Crippen MR) is 354 cm³/mol. The fraction of sp³-hybridized carbons (Fsp3) is 0.621. The van der Waals surface area contributed by atoms with Crippen LogP contribution >= 0.6 is 91.2 Å². The molecule has 0 bridgehead atoms. The molecular formula is C58H94Cl2N12O6S6. The van der Waals surface area contributed by atoms with E-state index in [1.165, 1.54) is 29.8 Å². The summed E-state index contributed by atoms with van der Waals surface area (Å²) in [4.78, 5) is 75.6. The van der Waals surface area contributed by atoms with Crippen LogP contribution in [0.15, 0.2) is 32.3 Å². The van der Waals surface area contributed by atoms with E-state index in [1.807, 2.05) is 35.6 Å². The van der Waals surface area contributed by atoms with Crippen molar-refractivity contribution in [2.75, 3.05) is 28.2 Å². The lowest BCUT2D eigenvalue weighted by molar-refractivity contribution is -0.141. The van der Waals surface area contributed by atoms with Crippen molar-refractivity contribution >= 4 is 115 Å². The molecule has 0 aromatic carbocycles. The lowest BCUT2D eigenvalue weighted by Gasteiger charge is -2.22. The van der Waals surface area contributed by atoms with Gasteiger partial charge in [-0.15, -0.1) is 91.2 Å². The summed E-state index contributed by atoms with van der Waals surface area (Å²) in [5, 5.41) is 48.4. The van der Waals surface area contributed by atoms with Gasteiger partial charge in [0.1, 0.15) is 12.1 Å². The van der Waals surface area contributed by atoms with E-state index in [0.29, 0.717) is 60.4 Å². The zero-order valence-corrected chi connectivity index (χ0v) is 59.2. The van der Waals surface area contributed by atoms with Crippen LogP contribution in [-0.2, 0) is 47.5 Å². The summed E-state index contributed by atoms with van der Waals surface area (Å²) in [7, 11) is 7.13. The summed E-state index contributed by atoms with van der Waals surface area (Å²) >= 11 is 21.2. The number of hydrogen-bond donors (Lipinski definition) is 6. The Labute approximate surface area is 534 Å². The first kappa shape index (κ1) is 77.8. The number of thiazole rings is 6. The number of hydrogen-bond acceptors (Lipinski definition) is 18. The van der Waals surface area contributed by atoms with Crippen LogP contribution < -0.4 is 21.3 Å². The maximum atomic E-state index is 12.0. The van der Waals surface area contributed by atoms with Crippen molar-refractivity contribution in [2.45, 2.75) is 196 Å². The molecule has 0 saturated carbocycles. The maximum Gasteiger partial charge on any atom is 0.326 e. The summed E-state index contributed by atoms with van der Waals surface area (Å²) in [6.45, 7) is 35.0. The maximum absolute atomic E-state index is 12.0. The smallest absolute Gasteiger partial charge is 0.326 e. The van der Waals surface area contributed by atoms with E-state index < -0.39 is 36.1 Å². The van der Waals surface area contributed by atoms with Crippen LogP contribution in [0.1, 0.15) is 210 Å². The Morgan fingerprint density at radius 3 is 0.810 bits per heavy atom. The summed E-state index contributed by atoms with van der Waals surface area (Å²) in [6.07, 6.45) is 0. The van der Waals surface area contributed by atoms with E-state index in [4.69, 9.17) is 33.4 Å². The first-order valence-corrected chi connectivity index (χ1v) is 34.3. The van der Waals surface area contributed by atoms with Gasteiger partial charge in [-0.1, -0.05) is 111 Å². The molecule has 0 saturated heterocycles. The molecule has 6 aromatic heterocycles. The van der Waals surface area contributed by atoms with Crippen LogP contribution in [0.4, 0.5) is 9.59 Å². The average Bonchev–Trinajstić information content (AvgIpc) is 4.32. The normalized spacial score (nSPS) is 11.7. The molecule has 6 N–H and O–H groups in total. The van der Waals surface area contributed by atoms with Crippen molar-refractivity contribution in [1.82, 2.24) is 61.0 Å². The fourth-order valence-corrected chi connectivity index (χ4v) is 11.9. The second-order valence-electron chi connectivity index (χ2n) is 22.0. The molecule has 26 heteroatoms. The molecule has 6 rings (SSSR count). The van der Waals surface area contributed by atoms with Gasteiger partial charge in [-0.05, 0) is 25.9 Å². The molecular weight excluding hydrogens is 1220 g/mol. The predicted octanol–water partition coefficient (Wildman–Crippen LogP) is 15.0. The van der Waals surface area contributed by atoms with Crippen LogP contribution in [0.25, 0.3) is 0 Å². The van der Waals surface area contributed by atoms with Gasteiger partial charge in [-0.25, -0.2) is 49.1 Å².